The predicted octanol–water partition coefficient (Wildman–Crippen LogP) is 1.59. The van der Waals surface area contributed by atoms with Gasteiger partial charge in [0.25, 0.3) is 5.91 Å². The Morgan fingerprint density at radius 2 is 2.00 bits per heavy atom. The first-order valence-electron chi connectivity index (χ1n) is 7.36. The number of carbonyl (C=O) groups excluding carboxylic acids is 1. The molecular weight excluding hydrogens is 252 g/mol. The van der Waals surface area contributed by atoms with Gasteiger partial charge in [0.1, 0.15) is 5.69 Å². The lowest BCUT2D eigenvalue weighted by molar-refractivity contribution is 0.0754. The summed E-state index contributed by atoms with van der Waals surface area (Å²) in [5.74, 6) is 0.670. The third-order valence-corrected chi connectivity index (χ3v) is 3.50. The maximum absolute atomic E-state index is 12.4. The van der Waals surface area contributed by atoms with Crippen molar-refractivity contribution in [2.45, 2.75) is 27.2 Å². The van der Waals surface area contributed by atoms with Crippen LogP contribution in [0.1, 0.15) is 36.5 Å². The zero-order chi connectivity index (χ0) is 14.5. The van der Waals surface area contributed by atoms with Crippen molar-refractivity contribution in [2.75, 3.05) is 32.7 Å². The van der Waals surface area contributed by atoms with E-state index in [2.05, 4.69) is 28.7 Å². The average Bonchev–Trinajstić information content (AvgIpc) is 2.64. The van der Waals surface area contributed by atoms with Crippen molar-refractivity contribution < 1.29 is 4.79 Å². The van der Waals surface area contributed by atoms with Gasteiger partial charge in [-0.15, -0.1) is 0 Å². The van der Waals surface area contributed by atoms with E-state index < -0.39 is 0 Å². The van der Waals surface area contributed by atoms with E-state index in [1.807, 2.05) is 11.8 Å². The summed E-state index contributed by atoms with van der Waals surface area (Å²) in [4.78, 5) is 25.1. The molecule has 0 N–H and O–H groups in total. The zero-order valence-electron chi connectivity index (χ0n) is 12.7. The zero-order valence-corrected chi connectivity index (χ0v) is 12.7. The van der Waals surface area contributed by atoms with Crippen LogP contribution in [-0.4, -0.2) is 58.4 Å². The molecular formula is C15H24N4O. The maximum atomic E-state index is 12.4. The number of hydrogen-bond donors (Lipinski definition) is 0. The van der Waals surface area contributed by atoms with Crippen LogP contribution >= 0.6 is 0 Å². The molecule has 1 aromatic rings. The Morgan fingerprint density at radius 3 is 2.65 bits per heavy atom. The molecule has 0 saturated carbocycles. The molecule has 110 valence electrons. The van der Waals surface area contributed by atoms with Gasteiger partial charge < -0.3 is 9.80 Å². The van der Waals surface area contributed by atoms with Gasteiger partial charge in [-0.25, -0.2) is 4.98 Å². The van der Waals surface area contributed by atoms with E-state index in [1.165, 1.54) is 0 Å². The number of rotatable bonds is 3. The highest BCUT2D eigenvalue weighted by molar-refractivity contribution is 5.92. The van der Waals surface area contributed by atoms with E-state index in [-0.39, 0.29) is 5.91 Å². The van der Waals surface area contributed by atoms with Crippen molar-refractivity contribution in [2.24, 2.45) is 5.92 Å². The van der Waals surface area contributed by atoms with Crippen molar-refractivity contribution in [1.29, 1.82) is 0 Å². The summed E-state index contributed by atoms with van der Waals surface area (Å²) in [6.07, 6.45) is 4.25. The summed E-state index contributed by atoms with van der Waals surface area (Å²) in [6, 6.07) is 0. The monoisotopic (exact) mass is 276 g/mol. The molecule has 0 atom stereocenters. The lowest BCUT2D eigenvalue weighted by Crippen LogP contribution is -2.36. The molecule has 1 aliphatic heterocycles. The highest BCUT2D eigenvalue weighted by atomic mass is 16.2. The van der Waals surface area contributed by atoms with E-state index in [0.29, 0.717) is 11.6 Å². The molecule has 0 unspecified atom stereocenters. The quantitative estimate of drug-likeness (QED) is 0.841. The van der Waals surface area contributed by atoms with Gasteiger partial charge in [-0.1, -0.05) is 13.8 Å². The number of nitrogens with zero attached hydrogens (tertiary/aromatic N) is 4. The van der Waals surface area contributed by atoms with Crippen LogP contribution in [0.15, 0.2) is 12.4 Å². The topological polar surface area (TPSA) is 49.3 Å². The van der Waals surface area contributed by atoms with Crippen molar-refractivity contribution in [3.63, 3.8) is 0 Å². The number of hydrogen-bond acceptors (Lipinski definition) is 4. The van der Waals surface area contributed by atoms with Crippen LogP contribution < -0.4 is 0 Å². The molecule has 0 aliphatic carbocycles. The molecule has 0 aromatic carbocycles. The van der Waals surface area contributed by atoms with Gasteiger partial charge in [0.2, 0.25) is 0 Å². The summed E-state index contributed by atoms with van der Waals surface area (Å²) in [5.41, 5.74) is 1.29. The third kappa shape index (κ3) is 4.00. The van der Waals surface area contributed by atoms with Crippen molar-refractivity contribution >= 4 is 5.91 Å². The molecule has 2 heterocycles. The number of aromatic nitrogens is 2. The minimum Gasteiger partial charge on any atom is -0.336 e. The summed E-state index contributed by atoms with van der Waals surface area (Å²) in [6.45, 7) is 11.0. The Balaban J connectivity index is 1.96. The number of amides is 1. The van der Waals surface area contributed by atoms with E-state index in [4.69, 9.17) is 0 Å². The van der Waals surface area contributed by atoms with E-state index in [9.17, 15) is 4.79 Å². The highest BCUT2D eigenvalue weighted by Gasteiger charge is 2.21. The third-order valence-electron chi connectivity index (χ3n) is 3.50. The Morgan fingerprint density at radius 1 is 1.20 bits per heavy atom. The average molecular weight is 276 g/mol. The van der Waals surface area contributed by atoms with E-state index in [1.54, 1.807) is 12.4 Å². The molecule has 1 aromatic heterocycles. The molecule has 1 saturated heterocycles. The SMILES string of the molecule is Cc1cnc(C(=O)N2CCCN(CC(C)C)CC2)cn1. The number of aryl methyl sites for hydroxylation is 1. The van der Waals surface area contributed by atoms with Crippen LogP contribution in [0.4, 0.5) is 0 Å². The molecule has 5 heteroatoms. The van der Waals surface area contributed by atoms with Gasteiger partial charge in [0.15, 0.2) is 0 Å². The minimum atomic E-state index is 0.00361. The Kier molecular flexibility index (Phi) is 5.06. The van der Waals surface area contributed by atoms with Crippen LogP contribution in [-0.2, 0) is 0 Å². The fourth-order valence-electron chi connectivity index (χ4n) is 2.54. The lowest BCUT2D eigenvalue weighted by atomic mass is 10.2. The Hall–Kier alpha value is -1.49. The molecule has 5 nitrogen and oxygen atoms in total. The maximum Gasteiger partial charge on any atom is 0.274 e. The standard InChI is InChI=1S/C15H24N4O/c1-12(2)11-18-5-4-6-19(8-7-18)15(20)14-10-16-13(3)9-17-14/h9-10,12H,4-8,11H2,1-3H3. The van der Waals surface area contributed by atoms with Crippen LogP contribution in [0.2, 0.25) is 0 Å². The van der Waals surface area contributed by atoms with Crippen LogP contribution in [0, 0.1) is 12.8 Å². The summed E-state index contributed by atoms with van der Waals surface area (Å²) >= 11 is 0. The van der Waals surface area contributed by atoms with Gasteiger partial charge in [0.05, 0.1) is 11.9 Å². The Labute approximate surface area is 121 Å². The molecule has 1 amide bonds. The normalized spacial score (nSPS) is 17.3. The fraction of sp³-hybridized carbons (Fsp3) is 0.667. The number of carbonyl (C=O) groups is 1. The van der Waals surface area contributed by atoms with Gasteiger partial charge >= 0.3 is 0 Å². The molecule has 2 rings (SSSR count). The first kappa shape index (κ1) is 14.9. The van der Waals surface area contributed by atoms with Crippen LogP contribution in [0.3, 0.4) is 0 Å². The summed E-state index contributed by atoms with van der Waals surface area (Å²) < 4.78 is 0. The lowest BCUT2D eigenvalue weighted by Gasteiger charge is -2.23. The largest absolute Gasteiger partial charge is 0.336 e. The van der Waals surface area contributed by atoms with Crippen molar-refractivity contribution in [3.8, 4) is 0 Å². The second-order valence-corrected chi connectivity index (χ2v) is 5.88. The molecule has 0 bridgehead atoms. The van der Waals surface area contributed by atoms with Crippen molar-refractivity contribution in [3.05, 3.63) is 23.8 Å². The van der Waals surface area contributed by atoms with E-state index >= 15 is 0 Å². The fourth-order valence-corrected chi connectivity index (χ4v) is 2.54. The first-order chi connectivity index (χ1) is 9.56. The first-order valence-corrected chi connectivity index (χ1v) is 7.36. The highest BCUT2D eigenvalue weighted by Crippen LogP contribution is 2.09. The minimum absolute atomic E-state index is 0.00361. The Bertz CT molecular complexity index is 444. The van der Waals surface area contributed by atoms with E-state index in [0.717, 1.165) is 44.8 Å². The molecule has 0 spiro atoms. The molecule has 1 aliphatic rings. The smallest absolute Gasteiger partial charge is 0.274 e. The van der Waals surface area contributed by atoms with Crippen molar-refractivity contribution in [1.82, 2.24) is 19.8 Å². The van der Waals surface area contributed by atoms with Gasteiger partial charge in [-0.05, 0) is 25.8 Å². The molecule has 20 heavy (non-hydrogen) atoms. The molecule has 1 fully saturated rings. The van der Waals surface area contributed by atoms with Crippen LogP contribution in [0.5, 0.6) is 0 Å². The summed E-state index contributed by atoms with van der Waals surface area (Å²) in [5, 5.41) is 0. The summed E-state index contributed by atoms with van der Waals surface area (Å²) in [7, 11) is 0. The predicted molar refractivity (Wildman–Crippen MR) is 78.6 cm³/mol. The molecule has 0 radical (unpaired) electrons. The van der Waals surface area contributed by atoms with Gasteiger partial charge in [-0.2, -0.15) is 0 Å². The second kappa shape index (κ2) is 6.79. The second-order valence-electron chi connectivity index (χ2n) is 5.88. The van der Waals surface area contributed by atoms with Crippen LogP contribution in [0.25, 0.3) is 0 Å². The van der Waals surface area contributed by atoms with Gasteiger partial charge in [0, 0.05) is 32.4 Å². The van der Waals surface area contributed by atoms with Gasteiger partial charge in [-0.3, -0.25) is 9.78 Å².